The molecule has 2 N–H and O–H groups in total. The zero-order valence-electron chi connectivity index (χ0n) is 15.4. The summed E-state index contributed by atoms with van der Waals surface area (Å²) in [6.45, 7) is 5.69. The smallest absolute Gasteiger partial charge is 0.224 e. The molecule has 0 aliphatic carbocycles. The lowest BCUT2D eigenvalue weighted by Crippen LogP contribution is -2.46. The first-order valence-corrected chi connectivity index (χ1v) is 9.97. The van der Waals surface area contributed by atoms with Gasteiger partial charge in [0.1, 0.15) is 0 Å². The van der Waals surface area contributed by atoms with E-state index in [-0.39, 0.29) is 12.5 Å². The van der Waals surface area contributed by atoms with Crippen LogP contribution < -0.4 is 10.2 Å². The van der Waals surface area contributed by atoms with Crippen LogP contribution in [0.2, 0.25) is 0 Å². The molecule has 1 unspecified atom stereocenters. The van der Waals surface area contributed by atoms with Crippen molar-refractivity contribution in [1.82, 2.24) is 10.3 Å². The van der Waals surface area contributed by atoms with Crippen molar-refractivity contribution in [3.8, 4) is 0 Å². The average molecular weight is 374 g/mol. The Bertz CT molecular complexity index is 713. The number of nitrogens with one attached hydrogen (secondary N) is 1. The van der Waals surface area contributed by atoms with Crippen LogP contribution in [0.15, 0.2) is 35.8 Å². The number of hydrogen-bond donors (Lipinski definition) is 2. The third-order valence-electron chi connectivity index (χ3n) is 4.76. The molecule has 1 fully saturated rings. The van der Waals surface area contributed by atoms with E-state index in [9.17, 15) is 9.90 Å². The van der Waals surface area contributed by atoms with Gasteiger partial charge in [-0.1, -0.05) is 24.3 Å². The fourth-order valence-electron chi connectivity index (χ4n) is 3.32. The lowest BCUT2D eigenvalue weighted by molar-refractivity contribution is -0.122. The number of thiazole rings is 1. The highest BCUT2D eigenvalue weighted by molar-refractivity contribution is 7.13. The summed E-state index contributed by atoms with van der Waals surface area (Å²) in [6.07, 6.45) is 4.46. The molecule has 2 heterocycles. The van der Waals surface area contributed by atoms with E-state index in [0.717, 1.165) is 30.2 Å². The number of aliphatic hydroxyl groups is 1. The van der Waals surface area contributed by atoms with Gasteiger partial charge in [0.05, 0.1) is 18.6 Å². The minimum Gasteiger partial charge on any atom is -0.394 e. The SMILES string of the molecule is CC(C)(CO)NC(=O)Cc1ccc(CC2CCN(c3nccs3)C2)cc1. The lowest BCUT2D eigenvalue weighted by atomic mass is 9.97. The van der Waals surface area contributed by atoms with E-state index >= 15 is 0 Å². The zero-order chi connectivity index (χ0) is 18.6. The van der Waals surface area contributed by atoms with Gasteiger partial charge in [-0.05, 0) is 43.7 Å². The first-order valence-electron chi connectivity index (χ1n) is 9.09. The Balaban J connectivity index is 1.50. The van der Waals surface area contributed by atoms with Crippen LogP contribution in [0.5, 0.6) is 0 Å². The molecular formula is C20H27N3O2S. The minimum absolute atomic E-state index is 0.0633. The van der Waals surface area contributed by atoms with Gasteiger partial charge in [0, 0.05) is 24.7 Å². The number of hydrogen-bond acceptors (Lipinski definition) is 5. The summed E-state index contributed by atoms with van der Waals surface area (Å²) in [5, 5.41) is 15.2. The molecule has 3 rings (SSSR count). The van der Waals surface area contributed by atoms with Gasteiger partial charge < -0.3 is 15.3 Å². The van der Waals surface area contributed by atoms with Crippen LogP contribution in [0.25, 0.3) is 0 Å². The fraction of sp³-hybridized carbons (Fsp3) is 0.500. The van der Waals surface area contributed by atoms with E-state index in [4.69, 9.17) is 0 Å². The largest absolute Gasteiger partial charge is 0.394 e. The van der Waals surface area contributed by atoms with Crippen molar-refractivity contribution in [2.24, 2.45) is 5.92 Å². The number of carbonyl (C=O) groups is 1. The summed E-state index contributed by atoms with van der Waals surface area (Å²) in [5.74, 6) is 0.588. The van der Waals surface area contributed by atoms with Crippen molar-refractivity contribution in [2.75, 3.05) is 24.6 Å². The molecule has 2 aromatic rings. The van der Waals surface area contributed by atoms with Crippen LogP contribution in [-0.4, -0.2) is 41.2 Å². The molecule has 140 valence electrons. The molecular weight excluding hydrogens is 346 g/mol. The molecule has 1 saturated heterocycles. The number of anilines is 1. The highest BCUT2D eigenvalue weighted by Crippen LogP contribution is 2.27. The Labute approximate surface area is 159 Å². The van der Waals surface area contributed by atoms with E-state index in [1.807, 2.05) is 37.6 Å². The third kappa shape index (κ3) is 5.05. The molecule has 0 spiro atoms. The van der Waals surface area contributed by atoms with Gasteiger partial charge in [0.15, 0.2) is 5.13 Å². The first-order chi connectivity index (χ1) is 12.4. The molecule has 1 aromatic carbocycles. The molecule has 1 aliphatic heterocycles. The molecule has 26 heavy (non-hydrogen) atoms. The monoisotopic (exact) mass is 373 g/mol. The molecule has 0 saturated carbocycles. The van der Waals surface area contributed by atoms with Crippen molar-refractivity contribution in [3.05, 3.63) is 47.0 Å². The second-order valence-electron chi connectivity index (χ2n) is 7.70. The van der Waals surface area contributed by atoms with Crippen LogP contribution >= 0.6 is 11.3 Å². The lowest BCUT2D eigenvalue weighted by Gasteiger charge is -2.23. The van der Waals surface area contributed by atoms with E-state index in [1.54, 1.807) is 11.3 Å². The fourth-order valence-corrected chi connectivity index (χ4v) is 4.00. The van der Waals surface area contributed by atoms with Gasteiger partial charge in [-0.25, -0.2) is 4.98 Å². The summed E-state index contributed by atoms with van der Waals surface area (Å²) < 4.78 is 0. The van der Waals surface area contributed by atoms with E-state index in [0.29, 0.717) is 12.3 Å². The Kier molecular flexibility index (Phi) is 5.94. The molecule has 1 amide bonds. The van der Waals surface area contributed by atoms with Crippen molar-refractivity contribution >= 4 is 22.4 Å². The number of benzene rings is 1. The molecule has 1 aliphatic rings. The molecule has 1 aromatic heterocycles. The number of aromatic nitrogens is 1. The van der Waals surface area contributed by atoms with E-state index in [1.165, 1.54) is 12.0 Å². The molecule has 1 atom stereocenters. The predicted molar refractivity (Wildman–Crippen MR) is 106 cm³/mol. The van der Waals surface area contributed by atoms with Gasteiger partial charge in [-0.15, -0.1) is 11.3 Å². The molecule has 5 nitrogen and oxygen atoms in total. The second kappa shape index (κ2) is 8.18. The topological polar surface area (TPSA) is 65.5 Å². The van der Waals surface area contributed by atoms with Crippen LogP contribution in [0.3, 0.4) is 0 Å². The number of nitrogens with zero attached hydrogens (tertiary/aromatic N) is 2. The van der Waals surface area contributed by atoms with Crippen LogP contribution in [-0.2, 0) is 17.6 Å². The number of carbonyl (C=O) groups excluding carboxylic acids is 1. The van der Waals surface area contributed by atoms with Gasteiger partial charge in [0.2, 0.25) is 5.91 Å². The molecule has 0 bridgehead atoms. The summed E-state index contributed by atoms with van der Waals surface area (Å²) >= 11 is 1.70. The van der Waals surface area contributed by atoms with E-state index in [2.05, 4.69) is 27.3 Å². The normalized spacial score (nSPS) is 17.5. The Morgan fingerprint density at radius 1 is 1.35 bits per heavy atom. The van der Waals surface area contributed by atoms with Gasteiger partial charge in [0.25, 0.3) is 0 Å². The molecule has 6 heteroatoms. The van der Waals surface area contributed by atoms with Crippen LogP contribution in [0, 0.1) is 5.92 Å². The highest BCUT2D eigenvalue weighted by Gasteiger charge is 2.24. The Morgan fingerprint density at radius 2 is 2.08 bits per heavy atom. The first kappa shape index (κ1) is 18.9. The van der Waals surface area contributed by atoms with Crippen molar-refractivity contribution < 1.29 is 9.90 Å². The van der Waals surface area contributed by atoms with Gasteiger partial charge >= 0.3 is 0 Å². The number of rotatable bonds is 7. The van der Waals surface area contributed by atoms with Crippen LogP contribution in [0.1, 0.15) is 31.4 Å². The quantitative estimate of drug-likeness (QED) is 0.783. The van der Waals surface area contributed by atoms with E-state index < -0.39 is 5.54 Å². The Morgan fingerprint density at radius 3 is 2.73 bits per heavy atom. The molecule has 0 radical (unpaired) electrons. The maximum Gasteiger partial charge on any atom is 0.224 e. The van der Waals surface area contributed by atoms with Crippen LogP contribution in [0.4, 0.5) is 5.13 Å². The maximum atomic E-state index is 12.1. The highest BCUT2D eigenvalue weighted by atomic mass is 32.1. The van der Waals surface area contributed by atoms with Gasteiger partial charge in [-0.2, -0.15) is 0 Å². The average Bonchev–Trinajstić information content (AvgIpc) is 3.27. The zero-order valence-corrected chi connectivity index (χ0v) is 16.3. The predicted octanol–water partition coefficient (Wildman–Crippen LogP) is 2.64. The standard InChI is InChI=1S/C20H27N3O2S/c1-20(2,14-24)22-18(25)12-16-5-3-15(4-6-16)11-17-7-9-23(13-17)19-21-8-10-26-19/h3-6,8,10,17,24H,7,9,11-14H2,1-2H3,(H,22,25). The van der Waals surface area contributed by atoms with Gasteiger partial charge in [-0.3, -0.25) is 4.79 Å². The van der Waals surface area contributed by atoms with Crippen molar-refractivity contribution in [2.45, 2.75) is 38.6 Å². The second-order valence-corrected chi connectivity index (χ2v) is 8.58. The minimum atomic E-state index is -0.581. The third-order valence-corrected chi connectivity index (χ3v) is 5.59. The summed E-state index contributed by atoms with van der Waals surface area (Å²) in [7, 11) is 0. The van der Waals surface area contributed by atoms with Crippen molar-refractivity contribution in [3.63, 3.8) is 0 Å². The van der Waals surface area contributed by atoms with Crippen molar-refractivity contribution in [1.29, 1.82) is 0 Å². The summed E-state index contributed by atoms with van der Waals surface area (Å²) in [4.78, 5) is 18.8. The number of aliphatic hydroxyl groups excluding tert-OH is 1. The summed E-state index contributed by atoms with van der Waals surface area (Å²) in [5.41, 5.74) is 1.73. The maximum absolute atomic E-state index is 12.1. The summed E-state index contributed by atoms with van der Waals surface area (Å²) in [6, 6.07) is 8.33. The number of amides is 1. The Hall–Kier alpha value is -1.92.